The van der Waals surface area contributed by atoms with E-state index in [9.17, 15) is 4.79 Å². The zero-order chi connectivity index (χ0) is 13.2. The summed E-state index contributed by atoms with van der Waals surface area (Å²) >= 11 is 0. The lowest BCUT2D eigenvalue weighted by Crippen LogP contribution is -2.39. The van der Waals surface area contributed by atoms with Gasteiger partial charge in [0.1, 0.15) is 0 Å². The van der Waals surface area contributed by atoms with Crippen molar-refractivity contribution in [3.05, 3.63) is 35.9 Å². The Kier molecular flexibility index (Phi) is 3.56. The Hall–Kier alpha value is -1.35. The van der Waals surface area contributed by atoms with E-state index >= 15 is 0 Å². The monoisotopic (exact) mass is 258 g/mol. The van der Waals surface area contributed by atoms with Crippen LogP contribution in [-0.2, 0) is 4.79 Å². The first-order valence-electron chi connectivity index (χ1n) is 7.30. The maximum Gasteiger partial charge on any atom is 0.220 e. The Balaban J connectivity index is 1.46. The smallest absolute Gasteiger partial charge is 0.220 e. The Morgan fingerprint density at radius 3 is 2.53 bits per heavy atom. The lowest BCUT2D eigenvalue weighted by atomic mass is 9.96. The maximum atomic E-state index is 11.1. The van der Waals surface area contributed by atoms with Gasteiger partial charge >= 0.3 is 0 Å². The molecule has 3 heteroatoms. The molecule has 0 radical (unpaired) electrons. The maximum absolute atomic E-state index is 11.1. The Morgan fingerprint density at radius 2 is 1.89 bits per heavy atom. The summed E-state index contributed by atoms with van der Waals surface area (Å²) in [7, 11) is 0. The Morgan fingerprint density at radius 1 is 1.21 bits per heavy atom. The minimum absolute atomic E-state index is 0.111. The number of hydrogen-bond acceptors (Lipinski definition) is 2. The summed E-state index contributed by atoms with van der Waals surface area (Å²) in [5.41, 5.74) is 6.85. The lowest BCUT2D eigenvalue weighted by Gasteiger charge is -2.30. The Bertz CT molecular complexity index is 437. The number of carbonyl (C=O) groups is 1. The summed E-state index contributed by atoms with van der Waals surface area (Å²) < 4.78 is 0. The third-order valence-corrected chi connectivity index (χ3v) is 4.63. The minimum Gasteiger partial charge on any atom is -0.369 e. The molecular formula is C16H22N2O. The predicted octanol–water partition coefficient (Wildman–Crippen LogP) is 1.99. The molecule has 0 bridgehead atoms. The molecule has 0 aromatic heterocycles. The zero-order valence-corrected chi connectivity index (χ0v) is 11.3. The van der Waals surface area contributed by atoms with Crippen LogP contribution >= 0.6 is 0 Å². The van der Waals surface area contributed by atoms with E-state index in [0.29, 0.717) is 0 Å². The number of carbonyl (C=O) groups excluding carboxylic acids is 1. The fourth-order valence-electron chi connectivity index (χ4n) is 3.29. The standard InChI is InChI=1S/C16H22N2O/c17-16(19)13-6-8-18(9-7-13)11-14-10-15(14)12-4-2-1-3-5-12/h1-5,13-15H,6-11H2,(H2,17,19). The number of likely N-dealkylation sites (tertiary alicyclic amines) is 1. The highest BCUT2D eigenvalue weighted by atomic mass is 16.1. The van der Waals surface area contributed by atoms with Crippen LogP contribution in [0.2, 0.25) is 0 Å². The van der Waals surface area contributed by atoms with Crippen LogP contribution in [0.15, 0.2) is 30.3 Å². The van der Waals surface area contributed by atoms with Gasteiger partial charge in [0, 0.05) is 12.5 Å². The van der Waals surface area contributed by atoms with Crippen LogP contribution in [0.1, 0.15) is 30.7 Å². The average Bonchev–Trinajstić information content (AvgIpc) is 3.20. The molecule has 1 saturated heterocycles. The van der Waals surface area contributed by atoms with Gasteiger partial charge in [-0.1, -0.05) is 30.3 Å². The zero-order valence-electron chi connectivity index (χ0n) is 11.3. The van der Waals surface area contributed by atoms with Gasteiger partial charge in [-0.3, -0.25) is 4.79 Å². The van der Waals surface area contributed by atoms with Crippen LogP contribution in [0.25, 0.3) is 0 Å². The topological polar surface area (TPSA) is 46.3 Å². The second kappa shape index (κ2) is 5.33. The summed E-state index contributed by atoms with van der Waals surface area (Å²) in [6.07, 6.45) is 3.20. The van der Waals surface area contributed by atoms with Crippen molar-refractivity contribution in [3.8, 4) is 0 Å². The molecule has 1 aromatic carbocycles. The first-order valence-corrected chi connectivity index (χ1v) is 7.30. The number of amides is 1. The number of nitrogens with two attached hydrogens (primary N) is 1. The summed E-state index contributed by atoms with van der Waals surface area (Å²) in [5.74, 6) is 1.57. The van der Waals surface area contributed by atoms with E-state index in [1.165, 1.54) is 18.5 Å². The highest BCUT2D eigenvalue weighted by Crippen LogP contribution is 2.47. The van der Waals surface area contributed by atoms with Crippen molar-refractivity contribution in [3.63, 3.8) is 0 Å². The molecule has 2 aliphatic rings. The first kappa shape index (κ1) is 12.7. The fourth-order valence-corrected chi connectivity index (χ4v) is 3.29. The van der Waals surface area contributed by atoms with Crippen LogP contribution in [0.5, 0.6) is 0 Å². The van der Waals surface area contributed by atoms with Gasteiger partial charge in [0.2, 0.25) is 5.91 Å². The van der Waals surface area contributed by atoms with E-state index in [2.05, 4.69) is 35.2 Å². The summed E-state index contributed by atoms with van der Waals surface area (Å²) in [6.45, 7) is 3.25. The molecule has 2 unspecified atom stereocenters. The number of piperidine rings is 1. The molecule has 102 valence electrons. The average molecular weight is 258 g/mol. The molecule has 1 aliphatic carbocycles. The van der Waals surface area contributed by atoms with Crippen molar-refractivity contribution in [2.75, 3.05) is 19.6 Å². The van der Waals surface area contributed by atoms with E-state index in [-0.39, 0.29) is 11.8 Å². The van der Waals surface area contributed by atoms with E-state index < -0.39 is 0 Å². The second-order valence-electron chi connectivity index (χ2n) is 5.99. The van der Waals surface area contributed by atoms with Gasteiger partial charge in [-0.15, -0.1) is 0 Å². The van der Waals surface area contributed by atoms with Crippen molar-refractivity contribution >= 4 is 5.91 Å². The predicted molar refractivity (Wildman–Crippen MR) is 75.6 cm³/mol. The second-order valence-corrected chi connectivity index (χ2v) is 5.99. The van der Waals surface area contributed by atoms with Crippen LogP contribution in [-0.4, -0.2) is 30.4 Å². The highest BCUT2D eigenvalue weighted by Gasteiger charge is 2.39. The quantitative estimate of drug-likeness (QED) is 0.897. The van der Waals surface area contributed by atoms with Gasteiger partial charge < -0.3 is 10.6 Å². The van der Waals surface area contributed by atoms with Gasteiger partial charge in [-0.25, -0.2) is 0 Å². The highest BCUT2D eigenvalue weighted by molar-refractivity contribution is 5.76. The molecule has 1 amide bonds. The molecule has 1 aliphatic heterocycles. The molecule has 3 nitrogen and oxygen atoms in total. The van der Waals surface area contributed by atoms with E-state index in [0.717, 1.165) is 37.8 Å². The van der Waals surface area contributed by atoms with E-state index in [1.807, 2.05) is 0 Å². The first-order chi connectivity index (χ1) is 9.24. The largest absolute Gasteiger partial charge is 0.369 e. The molecule has 1 saturated carbocycles. The number of benzene rings is 1. The molecule has 1 aromatic rings. The molecule has 0 spiro atoms. The summed E-state index contributed by atoms with van der Waals surface area (Å²) in [4.78, 5) is 13.6. The van der Waals surface area contributed by atoms with Crippen molar-refractivity contribution in [1.82, 2.24) is 4.90 Å². The van der Waals surface area contributed by atoms with Crippen molar-refractivity contribution in [2.45, 2.75) is 25.2 Å². The molecule has 2 atom stereocenters. The number of primary amides is 1. The van der Waals surface area contributed by atoms with E-state index in [4.69, 9.17) is 5.73 Å². The van der Waals surface area contributed by atoms with Gasteiger partial charge in [-0.05, 0) is 49.8 Å². The summed E-state index contributed by atoms with van der Waals surface area (Å²) in [5, 5.41) is 0. The third-order valence-electron chi connectivity index (χ3n) is 4.63. The van der Waals surface area contributed by atoms with Crippen LogP contribution in [0.4, 0.5) is 0 Å². The Labute approximate surface area is 114 Å². The molecule has 2 N–H and O–H groups in total. The number of nitrogens with zero attached hydrogens (tertiary/aromatic N) is 1. The van der Waals surface area contributed by atoms with Gasteiger partial charge in [0.25, 0.3) is 0 Å². The van der Waals surface area contributed by atoms with Crippen molar-refractivity contribution < 1.29 is 4.79 Å². The van der Waals surface area contributed by atoms with Crippen LogP contribution < -0.4 is 5.73 Å². The normalized spacial score (nSPS) is 28.2. The number of hydrogen-bond donors (Lipinski definition) is 1. The molecule has 2 fully saturated rings. The van der Waals surface area contributed by atoms with E-state index in [1.54, 1.807) is 0 Å². The minimum atomic E-state index is -0.117. The molecule has 19 heavy (non-hydrogen) atoms. The van der Waals surface area contributed by atoms with Gasteiger partial charge in [0.15, 0.2) is 0 Å². The molecule has 1 heterocycles. The third kappa shape index (κ3) is 2.98. The summed E-state index contributed by atoms with van der Waals surface area (Å²) in [6, 6.07) is 10.8. The molecule has 3 rings (SSSR count). The van der Waals surface area contributed by atoms with Crippen LogP contribution in [0.3, 0.4) is 0 Å². The molecular weight excluding hydrogens is 236 g/mol. The lowest BCUT2D eigenvalue weighted by molar-refractivity contribution is -0.123. The van der Waals surface area contributed by atoms with Crippen molar-refractivity contribution in [2.24, 2.45) is 17.6 Å². The van der Waals surface area contributed by atoms with Gasteiger partial charge in [-0.2, -0.15) is 0 Å². The van der Waals surface area contributed by atoms with Crippen molar-refractivity contribution in [1.29, 1.82) is 0 Å². The SMILES string of the molecule is NC(=O)C1CCN(CC2CC2c2ccccc2)CC1. The fraction of sp³-hybridized carbons (Fsp3) is 0.562. The van der Waals surface area contributed by atoms with Gasteiger partial charge in [0.05, 0.1) is 0 Å². The number of rotatable bonds is 4. The van der Waals surface area contributed by atoms with Crippen LogP contribution in [0, 0.1) is 11.8 Å².